The van der Waals surface area contributed by atoms with Gasteiger partial charge in [0, 0.05) is 42.8 Å². The number of nitrogens with zero attached hydrogens (tertiary/aromatic N) is 3. The normalized spacial score (nSPS) is 15.8. The lowest BCUT2D eigenvalue weighted by Crippen LogP contribution is -2.45. The summed E-state index contributed by atoms with van der Waals surface area (Å²) in [6, 6.07) is 9.67. The van der Waals surface area contributed by atoms with Crippen LogP contribution in [0.15, 0.2) is 42.7 Å². The number of piperidine rings is 1. The summed E-state index contributed by atoms with van der Waals surface area (Å²) in [4.78, 5) is 36.2. The first-order valence-electron chi connectivity index (χ1n) is 12.5. The van der Waals surface area contributed by atoms with Gasteiger partial charge in [-0.3, -0.25) is 4.79 Å². The van der Waals surface area contributed by atoms with Gasteiger partial charge in [-0.1, -0.05) is 0 Å². The van der Waals surface area contributed by atoms with Gasteiger partial charge in [0.1, 0.15) is 5.60 Å². The Morgan fingerprint density at radius 2 is 1.61 bits per heavy atom. The van der Waals surface area contributed by atoms with E-state index in [1.54, 1.807) is 51.4 Å². The Labute approximate surface area is 214 Å². The Hall–Kier alpha value is -3.20. The van der Waals surface area contributed by atoms with Crippen LogP contribution in [-0.2, 0) is 14.3 Å². The second-order valence-corrected chi connectivity index (χ2v) is 11.0. The number of benzene rings is 1. The van der Waals surface area contributed by atoms with Crippen molar-refractivity contribution >= 4 is 23.5 Å². The standard InChI is InChI=1S/C27H39N5O4/c1-26(2,3)35-22(24(34)36-27(4,5)6)18-30-23(33)19-8-10-21(11-9-19)32-16-12-20(13-17-32)31-25-28-14-7-15-29-25/h7-11,14-15,20,22H,12-13,16-18H2,1-6H3,(H,30,33)(H,28,29,31). The summed E-state index contributed by atoms with van der Waals surface area (Å²) in [7, 11) is 0. The molecule has 1 fully saturated rings. The Morgan fingerprint density at radius 3 is 2.17 bits per heavy atom. The highest BCUT2D eigenvalue weighted by Gasteiger charge is 2.30. The molecule has 36 heavy (non-hydrogen) atoms. The number of carbonyl (C=O) groups excluding carboxylic acids is 2. The van der Waals surface area contributed by atoms with Crippen LogP contribution in [0.3, 0.4) is 0 Å². The smallest absolute Gasteiger partial charge is 0.337 e. The lowest BCUT2D eigenvalue weighted by atomic mass is 10.0. The van der Waals surface area contributed by atoms with E-state index in [-0.39, 0.29) is 12.5 Å². The third-order valence-corrected chi connectivity index (χ3v) is 5.50. The lowest BCUT2D eigenvalue weighted by molar-refractivity contribution is -0.176. The fraction of sp³-hybridized carbons (Fsp3) is 0.556. The molecule has 1 atom stereocenters. The molecule has 1 aromatic carbocycles. The first-order chi connectivity index (χ1) is 16.9. The van der Waals surface area contributed by atoms with Crippen molar-refractivity contribution in [2.75, 3.05) is 29.9 Å². The van der Waals surface area contributed by atoms with E-state index in [0.29, 0.717) is 17.6 Å². The zero-order valence-electron chi connectivity index (χ0n) is 22.2. The van der Waals surface area contributed by atoms with Gasteiger partial charge in [-0.05, 0) is 84.7 Å². The summed E-state index contributed by atoms with van der Waals surface area (Å²) in [5, 5.41) is 6.21. The first-order valence-corrected chi connectivity index (χ1v) is 12.5. The largest absolute Gasteiger partial charge is 0.458 e. The van der Waals surface area contributed by atoms with Gasteiger partial charge in [-0.15, -0.1) is 0 Å². The fourth-order valence-electron chi connectivity index (χ4n) is 3.92. The molecule has 1 unspecified atom stereocenters. The minimum atomic E-state index is -0.899. The minimum Gasteiger partial charge on any atom is -0.458 e. The maximum absolute atomic E-state index is 12.8. The van der Waals surface area contributed by atoms with Gasteiger partial charge in [-0.25, -0.2) is 14.8 Å². The van der Waals surface area contributed by atoms with Gasteiger partial charge >= 0.3 is 5.97 Å². The summed E-state index contributed by atoms with van der Waals surface area (Å²) in [5.74, 6) is -0.101. The van der Waals surface area contributed by atoms with E-state index in [0.717, 1.165) is 31.6 Å². The van der Waals surface area contributed by atoms with Crippen molar-refractivity contribution in [1.29, 1.82) is 0 Å². The number of hydrogen-bond acceptors (Lipinski definition) is 8. The Kier molecular flexibility index (Phi) is 8.89. The molecule has 0 spiro atoms. The van der Waals surface area contributed by atoms with E-state index in [1.807, 2.05) is 32.9 Å². The highest BCUT2D eigenvalue weighted by atomic mass is 16.6. The molecule has 0 saturated carbocycles. The number of aromatic nitrogens is 2. The van der Waals surface area contributed by atoms with Crippen LogP contribution in [0.1, 0.15) is 64.7 Å². The molecule has 1 aliphatic heterocycles. The summed E-state index contributed by atoms with van der Waals surface area (Å²) < 4.78 is 11.3. The summed E-state index contributed by atoms with van der Waals surface area (Å²) in [5.41, 5.74) is 0.389. The fourth-order valence-corrected chi connectivity index (χ4v) is 3.92. The third kappa shape index (κ3) is 8.78. The average Bonchev–Trinajstić information content (AvgIpc) is 2.81. The van der Waals surface area contributed by atoms with Crippen molar-refractivity contribution < 1.29 is 19.1 Å². The molecule has 1 amide bonds. The first kappa shape index (κ1) is 27.4. The van der Waals surface area contributed by atoms with E-state index in [1.165, 1.54) is 0 Å². The van der Waals surface area contributed by atoms with E-state index in [9.17, 15) is 9.59 Å². The molecule has 1 saturated heterocycles. The SMILES string of the molecule is CC(C)(C)OC(=O)C(CNC(=O)c1ccc(N2CCC(Nc3ncccn3)CC2)cc1)OC(C)(C)C. The number of anilines is 2. The van der Waals surface area contributed by atoms with Crippen molar-refractivity contribution in [3.05, 3.63) is 48.3 Å². The van der Waals surface area contributed by atoms with Gasteiger partial charge in [0.15, 0.2) is 6.10 Å². The van der Waals surface area contributed by atoms with Gasteiger partial charge in [0.05, 0.1) is 12.1 Å². The molecular formula is C27H39N5O4. The van der Waals surface area contributed by atoms with Crippen molar-refractivity contribution in [2.24, 2.45) is 0 Å². The zero-order chi connectivity index (χ0) is 26.3. The summed E-state index contributed by atoms with van der Waals surface area (Å²) in [6.45, 7) is 12.8. The van der Waals surface area contributed by atoms with Crippen molar-refractivity contribution in [1.82, 2.24) is 15.3 Å². The number of rotatable bonds is 8. The Balaban J connectivity index is 1.52. The van der Waals surface area contributed by atoms with Crippen molar-refractivity contribution in [3.63, 3.8) is 0 Å². The minimum absolute atomic E-state index is 0.0262. The predicted molar refractivity (Wildman–Crippen MR) is 140 cm³/mol. The summed E-state index contributed by atoms with van der Waals surface area (Å²) >= 11 is 0. The number of esters is 1. The number of ether oxygens (including phenoxy) is 2. The lowest BCUT2D eigenvalue weighted by Gasteiger charge is -2.34. The molecule has 1 aliphatic rings. The van der Waals surface area contributed by atoms with Crippen LogP contribution < -0.4 is 15.5 Å². The summed E-state index contributed by atoms with van der Waals surface area (Å²) in [6.07, 6.45) is 4.51. The molecule has 9 nitrogen and oxygen atoms in total. The topological polar surface area (TPSA) is 106 Å². The van der Waals surface area contributed by atoms with Crippen LogP contribution in [-0.4, -0.2) is 64.8 Å². The Bertz CT molecular complexity index is 992. The molecule has 0 radical (unpaired) electrons. The number of amides is 1. The molecule has 0 aliphatic carbocycles. The maximum Gasteiger partial charge on any atom is 0.337 e. The molecule has 2 heterocycles. The van der Waals surface area contributed by atoms with E-state index in [4.69, 9.17) is 9.47 Å². The van der Waals surface area contributed by atoms with Crippen LogP contribution in [0.25, 0.3) is 0 Å². The second-order valence-electron chi connectivity index (χ2n) is 11.0. The van der Waals surface area contributed by atoms with E-state index in [2.05, 4.69) is 25.5 Å². The second kappa shape index (κ2) is 11.7. The van der Waals surface area contributed by atoms with Crippen molar-refractivity contribution in [3.8, 4) is 0 Å². The van der Waals surface area contributed by atoms with Crippen LogP contribution in [0.5, 0.6) is 0 Å². The Morgan fingerprint density at radius 1 is 1.00 bits per heavy atom. The predicted octanol–water partition coefficient (Wildman–Crippen LogP) is 3.81. The molecule has 9 heteroatoms. The van der Waals surface area contributed by atoms with E-state index >= 15 is 0 Å². The molecule has 3 rings (SSSR count). The average molecular weight is 498 g/mol. The van der Waals surface area contributed by atoms with Crippen LogP contribution >= 0.6 is 0 Å². The van der Waals surface area contributed by atoms with Gasteiger partial charge < -0.3 is 25.0 Å². The van der Waals surface area contributed by atoms with Gasteiger partial charge in [0.2, 0.25) is 5.95 Å². The zero-order valence-corrected chi connectivity index (χ0v) is 22.2. The van der Waals surface area contributed by atoms with Gasteiger partial charge in [-0.2, -0.15) is 0 Å². The number of nitrogens with one attached hydrogen (secondary N) is 2. The van der Waals surface area contributed by atoms with Crippen LogP contribution in [0, 0.1) is 0 Å². The molecule has 1 aromatic heterocycles. The molecule has 196 valence electrons. The van der Waals surface area contributed by atoms with Crippen LogP contribution in [0.4, 0.5) is 11.6 Å². The monoisotopic (exact) mass is 497 g/mol. The highest BCUT2D eigenvalue weighted by molar-refractivity contribution is 5.94. The van der Waals surface area contributed by atoms with Gasteiger partial charge in [0.25, 0.3) is 5.91 Å². The number of carbonyl (C=O) groups is 2. The molecule has 2 N–H and O–H groups in total. The molecule has 0 bridgehead atoms. The third-order valence-electron chi connectivity index (χ3n) is 5.50. The molecular weight excluding hydrogens is 458 g/mol. The molecule has 2 aromatic rings. The maximum atomic E-state index is 12.8. The highest BCUT2D eigenvalue weighted by Crippen LogP contribution is 2.22. The number of hydrogen-bond donors (Lipinski definition) is 2. The van der Waals surface area contributed by atoms with E-state index < -0.39 is 23.3 Å². The van der Waals surface area contributed by atoms with Crippen molar-refractivity contribution in [2.45, 2.75) is 77.7 Å². The quantitative estimate of drug-likeness (QED) is 0.531. The van der Waals surface area contributed by atoms with Crippen LogP contribution in [0.2, 0.25) is 0 Å².